The van der Waals surface area contributed by atoms with E-state index in [9.17, 15) is 26.4 Å². The summed E-state index contributed by atoms with van der Waals surface area (Å²) in [6, 6.07) is 6.10. The van der Waals surface area contributed by atoms with Crippen LogP contribution in [0.4, 0.5) is 13.2 Å². The van der Waals surface area contributed by atoms with Gasteiger partial charge in [-0.05, 0) is 53.9 Å². The van der Waals surface area contributed by atoms with Gasteiger partial charge in [-0.3, -0.25) is 10.0 Å². The molecule has 6 nitrogen and oxygen atoms in total. The Kier molecular flexibility index (Phi) is 5.41. The summed E-state index contributed by atoms with van der Waals surface area (Å²) in [4.78, 5) is 11.3. The highest BCUT2D eigenvalue weighted by Crippen LogP contribution is 2.33. The zero-order valence-electron chi connectivity index (χ0n) is 14.1. The van der Waals surface area contributed by atoms with Gasteiger partial charge < -0.3 is 0 Å². The molecule has 0 aromatic heterocycles. The van der Waals surface area contributed by atoms with E-state index in [1.165, 1.54) is 17.6 Å². The lowest BCUT2D eigenvalue weighted by Crippen LogP contribution is -2.36. The Morgan fingerprint density at radius 3 is 2.39 bits per heavy atom. The fraction of sp³-hybridized carbons (Fsp3) is 0.235. The second-order valence-electron chi connectivity index (χ2n) is 6.15. The van der Waals surface area contributed by atoms with Crippen LogP contribution >= 0.6 is 11.6 Å². The van der Waals surface area contributed by atoms with Crippen molar-refractivity contribution in [3.8, 4) is 0 Å². The number of hydrogen-bond acceptors (Lipinski definition) is 4. The molecule has 0 aliphatic carbocycles. The number of fused-ring (bicyclic) bond motifs is 1. The first kappa shape index (κ1) is 20.6. The molecule has 0 saturated carbocycles. The van der Waals surface area contributed by atoms with Gasteiger partial charge in [0.05, 0.1) is 10.5 Å². The second kappa shape index (κ2) is 7.36. The highest BCUT2D eigenvalue weighted by atomic mass is 35.5. The van der Waals surface area contributed by atoms with Crippen LogP contribution in [0.1, 0.15) is 27.0 Å². The maximum atomic E-state index is 12.8. The van der Waals surface area contributed by atoms with Crippen LogP contribution in [0, 0.1) is 0 Å². The number of carbonyl (C=O) groups is 1. The molecule has 3 rings (SSSR count). The van der Waals surface area contributed by atoms with Crippen molar-refractivity contribution in [2.45, 2.75) is 24.0 Å². The highest BCUT2D eigenvalue weighted by Gasteiger charge is 2.33. The van der Waals surface area contributed by atoms with Crippen molar-refractivity contribution >= 4 is 27.5 Å². The first-order chi connectivity index (χ1) is 13.0. The van der Waals surface area contributed by atoms with Crippen LogP contribution < -0.4 is 5.48 Å². The molecule has 2 N–H and O–H groups in total. The number of alkyl halides is 3. The predicted molar refractivity (Wildman–Crippen MR) is 93.4 cm³/mol. The number of halogens is 4. The van der Waals surface area contributed by atoms with E-state index in [2.05, 4.69) is 0 Å². The number of rotatable bonds is 3. The number of sulfonamides is 1. The number of nitrogens with one attached hydrogen (secondary N) is 1. The number of nitrogens with zero attached hydrogens (tertiary/aromatic N) is 1. The first-order valence-corrected chi connectivity index (χ1v) is 9.79. The van der Waals surface area contributed by atoms with E-state index in [0.29, 0.717) is 11.1 Å². The quantitative estimate of drug-likeness (QED) is 0.573. The van der Waals surface area contributed by atoms with Gasteiger partial charge in [0.25, 0.3) is 5.91 Å². The van der Waals surface area contributed by atoms with Crippen molar-refractivity contribution in [2.24, 2.45) is 0 Å². The lowest BCUT2D eigenvalue weighted by molar-refractivity contribution is -0.137. The maximum Gasteiger partial charge on any atom is 0.416 e. The Morgan fingerprint density at radius 1 is 1.18 bits per heavy atom. The van der Waals surface area contributed by atoms with Crippen molar-refractivity contribution in [3.63, 3.8) is 0 Å². The van der Waals surface area contributed by atoms with E-state index in [4.69, 9.17) is 16.8 Å². The number of hydrogen-bond donors (Lipinski definition) is 2. The summed E-state index contributed by atoms with van der Waals surface area (Å²) >= 11 is 6.17. The molecule has 1 aliphatic heterocycles. The zero-order chi connectivity index (χ0) is 20.7. The van der Waals surface area contributed by atoms with Gasteiger partial charge in [-0.25, -0.2) is 13.9 Å². The molecule has 11 heteroatoms. The molecule has 0 radical (unpaired) electrons. The maximum absolute atomic E-state index is 12.8. The molecule has 1 heterocycles. The summed E-state index contributed by atoms with van der Waals surface area (Å²) < 4.78 is 64.7. The summed E-state index contributed by atoms with van der Waals surface area (Å²) in [5.74, 6) is -0.746. The average Bonchev–Trinajstić information content (AvgIpc) is 2.66. The van der Waals surface area contributed by atoms with Gasteiger partial charge in [-0.2, -0.15) is 17.5 Å². The van der Waals surface area contributed by atoms with Crippen molar-refractivity contribution in [1.29, 1.82) is 0 Å². The van der Waals surface area contributed by atoms with Crippen molar-refractivity contribution in [1.82, 2.24) is 9.79 Å². The van der Waals surface area contributed by atoms with E-state index in [0.717, 1.165) is 28.6 Å². The van der Waals surface area contributed by atoms with E-state index in [1.54, 1.807) is 0 Å². The van der Waals surface area contributed by atoms with Crippen LogP contribution in [0.5, 0.6) is 0 Å². The van der Waals surface area contributed by atoms with Crippen molar-refractivity contribution < 1.29 is 31.6 Å². The summed E-state index contributed by atoms with van der Waals surface area (Å²) in [6.07, 6.45) is -4.31. The van der Waals surface area contributed by atoms with Gasteiger partial charge in [0.2, 0.25) is 10.0 Å². The molecule has 1 amide bonds. The Bertz CT molecular complexity index is 1020. The zero-order valence-corrected chi connectivity index (χ0v) is 15.7. The van der Waals surface area contributed by atoms with E-state index in [1.807, 2.05) is 0 Å². The average molecular weight is 435 g/mol. The molecule has 2 aromatic carbocycles. The molecule has 2 aromatic rings. The second-order valence-corrected chi connectivity index (χ2v) is 8.49. The summed E-state index contributed by atoms with van der Waals surface area (Å²) in [5, 5.41) is 8.88. The van der Waals surface area contributed by atoms with Crippen LogP contribution in [0.3, 0.4) is 0 Å². The number of amides is 1. The molecule has 0 spiro atoms. The predicted octanol–water partition coefficient (Wildman–Crippen LogP) is 3.22. The lowest BCUT2D eigenvalue weighted by atomic mass is 9.98. The minimum absolute atomic E-state index is 0.0664. The summed E-state index contributed by atoms with van der Waals surface area (Å²) in [7, 11) is -4.03. The molecular formula is C17H14ClF3N2O4S. The SMILES string of the molecule is O=C(NO)c1cc(Cl)c2c(c1)CCN(S(=O)(=O)c1ccc(C(F)(F)F)cc1)C2. The van der Waals surface area contributed by atoms with Gasteiger partial charge in [0.1, 0.15) is 0 Å². The fourth-order valence-corrected chi connectivity index (χ4v) is 4.67. The third-order valence-corrected chi connectivity index (χ3v) is 6.63. The van der Waals surface area contributed by atoms with Gasteiger partial charge >= 0.3 is 6.18 Å². The number of carbonyl (C=O) groups excluding carboxylic acids is 1. The summed E-state index contributed by atoms with van der Waals surface area (Å²) in [6.45, 7) is -0.0184. The van der Waals surface area contributed by atoms with E-state index < -0.39 is 27.7 Å². The molecule has 0 atom stereocenters. The van der Waals surface area contributed by atoms with E-state index in [-0.39, 0.29) is 35.0 Å². The standard InChI is InChI=1S/C17H14ClF3N2O4S/c18-15-8-11(16(24)22-25)7-10-5-6-23(9-14(10)15)28(26,27)13-3-1-12(2-4-13)17(19,20)21/h1-4,7-8,25H,5-6,9H2,(H,22,24). The Hall–Kier alpha value is -2.14. The highest BCUT2D eigenvalue weighted by molar-refractivity contribution is 7.89. The van der Waals surface area contributed by atoms with Gasteiger partial charge in [0, 0.05) is 23.7 Å². The van der Waals surface area contributed by atoms with Gasteiger partial charge in [-0.1, -0.05) is 11.6 Å². The molecule has 150 valence electrons. The van der Waals surface area contributed by atoms with Crippen LogP contribution in [0.15, 0.2) is 41.3 Å². The van der Waals surface area contributed by atoms with Gasteiger partial charge in [-0.15, -0.1) is 0 Å². The first-order valence-electron chi connectivity index (χ1n) is 7.97. The topological polar surface area (TPSA) is 86.7 Å². The third-order valence-electron chi connectivity index (χ3n) is 4.44. The number of benzene rings is 2. The summed E-state index contributed by atoms with van der Waals surface area (Å²) in [5.41, 5.74) is 1.85. The molecule has 0 unspecified atom stereocenters. The lowest BCUT2D eigenvalue weighted by Gasteiger charge is -2.29. The van der Waals surface area contributed by atoms with Crippen LogP contribution in [0.2, 0.25) is 5.02 Å². The van der Waals surface area contributed by atoms with Crippen LogP contribution in [-0.2, 0) is 29.2 Å². The molecule has 0 bridgehead atoms. The van der Waals surface area contributed by atoms with Gasteiger partial charge in [0.15, 0.2) is 0 Å². The van der Waals surface area contributed by atoms with Crippen molar-refractivity contribution in [2.75, 3.05) is 6.54 Å². The fourth-order valence-electron chi connectivity index (χ4n) is 2.96. The molecule has 28 heavy (non-hydrogen) atoms. The smallest absolute Gasteiger partial charge is 0.288 e. The monoisotopic (exact) mass is 434 g/mol. The normalized spacial score (nSPS) is 15.2. The minimum Gasteiger partial charge on any atom is -0.288 e. The van der Waals surface area contributed by atoms with Crippen molar-refractivity contribution in [3.05, 3.63) is 63.7 Å². The van der Waals surface area contributed by atoms with E-state index >= 15 is 0 Å². The van der Waals surface area contributed by atoms with Crippen LogP contribution in [-0.4, -0.2) is 30.4 Å². The Balaban J connectivity index is 1.89. The number of hydroxylamine groups is 1. The molecule has 1 aliphatic rings. The molecular weight excluding hydrogens is 421 g/mol. The Labute approximate surface area is 163 Å². The molecule has 0 fully saturated rings. The van der Waals surface area contributed by atoms with Crippen LogP contribution in [0.25, 0.3) is 0 Å². The molecule has 0 saturated heterocycles. The third kappa shape index (κ3) is 3.86. The minimum atomic E-state index is -4.56. The Morgan fingerprint density at radius 2 is 1.82 bits per heavy atom. The largest absolute Gasteiger partial charge is 0.416 e.